The summed E-state index contributed by atoms with van der Waals surface area (Å²) in [5.41, 5.74) is 0. The highest BCUT2D eigenvalue weighted by Gasteiger charge is 1.97. The van der Waals surface area contributed by atoms with Crippen LogP contribution in [0.2, 0.25) is 0 Å². The Kier molecular flexibility index (Phi) is 3.74. The Labute approximate surface area is 76.7 Å². The van der Waals surface area contributed by atoms with Gasteiger partial charge >= 0.3 is 0 Å². The van der Waals surface area contributed by atoms with E-state index >= 15 is 0 Å². The predicted molar refractivity (Wildman–Crippen MR) is 52.5 cm³/mol. The third kappa shape index (κ3) is 3.01. The number of aryl methyl sites for hydroxylation is 1. The van der Waals surface area contributed by atoms with Crippen molar-refractivity contribution in [1.82, 2.24) is 0 Å². The molecule has 12 heavy (non-hydrogen) atoms. The van der Waals surface area contributed by atoms with Gasteiger partial charge in [-0.15, -0.1) is 11.3 Å². The third-order valence-electron chi connectivity index (χ3n) is 1.65. The zero-order valence-electron chi connectivity index (χ0n) is 6.95. The number of rotatable bonds is 5. The molecule has 0 aliphatic rings. The van der Waals surface area contributed by atoms with Crippen molar-refractivity contribution in [2.45, 2.75) is 19.3 Å². The summed E-state index contributed by atoms with van der Waals surface area (Å²) in [6, 6.07) is 4.14. The Morgan fingerprint density at radius 1 is 1.67 bits per heavy atom. The van der Waals surface area contributed by atoms with Crippen molar-refractivity contribution in [3.63, 3.8) is 0 Å². The maximum Gasteiger partial charge on any atom is 0.155 e. The minimum Gasteiger partial charge on any atom is -0.295 e. The van der Waals surface area contributed by atoms with Crippen LogP contribution in [0.25, 0.3) is 0 Å². The molecule has 0 bridgehead atoms. The normalized spacial score (nSPS) is 9.67. The lowest BCUT2D eigenvalue weighted by molar-refractivity contribution is -0.114. The molecule has 1 heterocycles. The molecule has 0 unspecified atom stereocenters. The molecule has 0 atom stereocenters. The quantitative estimate of drug-likeness (QED) is 0.637. The van der Waals surface area contributed by atoms with Crippen molar-refractivity contribution in [3.05, 3.63) is 35.0 Å². The van der Waals surface area contributed by atoms with Gasteiger partial charge in [-0.3, -0.25) is 4.79 Å². The number of allylic oxidation sites excluding steroid dienone is 1. The summed E-state index contributed by atoms with van der Waals surface area (Å²) >= 11 is 1.75. The van der Waals surface area contributed by atoms with Crippen LogP contribution in [-0.4, -0.2) is 5.78 Å². The molecule has 2 heteroatoms. The lowest BCUT2D eigenvalue weighted by atomic mass is 10.1. The van der Waals surface area contributed by atoms with Gasteiger partial charge in [0.15, 0.2) is 5.78 Å². The molecule has 0 saturated carbocycles. The lowest BCUT2D eigenvalue weighted by Gasteiger charge is -1.94. The standard InChI is InChI=1S/C10H12OS/c1-2-9(11)5-3-6-10-7-4-8-12-10/h2,4,7-8H,1,3,5-6H2. The van der Waals surface area contributed by atoms with E-state index in [1.165, 1.54) is 11.0 Å². The SMILES string of the molecule is C=CC(=O)CCCc1cccs1. The van der Waals surface area contributed by atoms with Gasteiger partial charge in [0.05, 0.1) is 0 Å². The van der Waals surface area contributed by atoms with E-state index in [1.54, 1.807) is 11.3 Å². The van der Waals surface area contributed by atoms with Crippen LogP contribution in [0.5, 0.6) is 0 Å². The van der Waals surface area contributed by atoms with Crippen molar-refractivity contribution in [2.75, 3.05) is 0 Å². The summed E-state index contributed by atoms with van der Waals surface area (Å²) in [5.74, 6) is 0.145. The largest absolute Gasteiger partial charge is 0.295 e. The number of carbonyl (C=O) groups is 1. The van der Waals surface area contributed by atoms with Crippen molar-refractivity contribution >= 4 is 17.1 Å². The van der Waals surface area contributed by atoms with E-state index in [9.17, 15) is 4.79 Å². The molecule has 0 radical (unpaired) electrons. The molecule has 1 nitrogen and oxygen atoms in total. The Bertz CT molecular complexity index is 249. The fourth-order valence-electron chi connectivity index (χ4n) is 0.994. The molecule has 1 aromatic heterocycles. The summed E-state index contributed by atoms with van der Waals surface area (Å²) in [4.78, 5) is 12.2. The van der Waals surface area contributed by atoms with Gasteiger partial charge < -0.3 is 0 Å². The second-order valence-electron chi connectivity index (χ2n) is 2.60. The Morgan fingerprint density at radius 2 is 2.50 bits per heavy atom. The van der Waals surface area contributed by atoms with Crippen molar-refractivity contribution in [3.8, 4) is 0 Å². The first kappa shape index (κ1) is 9.20. The maximum absolute atomic E-state index is 10.8. The number of thiophene rings is 1. The van der Waals surface area contributed by atoms with Crippen LogP contribution in [0, 0.1) is 0 Å². The topological polar surface area (TPSA) is 17.1 Å². The highest BCUT2D eigenvalue weighted by Crippen LogP contribution is 2.11. The molecule has 0 aliphatic carbocycles. The first-order valence-electron chi connectivity index (χ1n) is 4.00. The second kappa shape index (κ2) is 4.88. The zero-order valence-corrected chi connectivity index (χ0v) is 7.77. The highest BCUT2D eigenvalue weighted by molar-refractivity contribution is 7.09. The van der Waals surface area contributed by atoms with Crippen molar-refractivity contribution < 1.29 is 4.79 Å². The van der Waals surface area contributed by atoms with Crippen LogP contribution >= 0.6 is 11.3 Å². The van der Waals surface area contributed by atoms with Crippen LogP contribution in [-0.2, 0) is 11.2 Å². The zero-order chi connectivity index (χ0) is 8.81. The average molecular weight is 180 g/mol. The Morgan fingerprint density at radius 3 is 3.08 bits per heavy atom. The van der Waals surface area contributed by atoms with E-state index in [4.69, 9.17) is 0 Å². The first-order chi connectivity index (χ1) is 5.83. The predicted octanol–water partition coefficient (Wildman–Crippen LogP) is 2.83. The molecular weight excluding hydrogens is 168 g/mol. The fourth-order valence-corrected chi connectivity index (χ4v) is 1.74. The Hall–Kier alpha value is -0.890. The van der Waals surface area contributed by atoms with Gasteiger partial charge in [-0.1, -0.05) is 12.6 Å². The van der Waals surface area contributed by atoms with Gasteiger partial charge in [0.1, 0.15) is 0 Å². The number of hydrogen-bond acceptors (Lipinski definition) is 2. The summed E-state index contributed by atoms with van der Waals surface area (Å²) in [6.45, 7) is 3.43. The summed E-state index contributed by atoms with van der Waals surface area (Å²) in [6.07, 6.45) is 3.97. The van der Waals surface area contributed by atoms with Crippen LogP contribution in [0.1, 0.15) is 17.7 Å². The summed E-state index contributed by atoms with van der Waals surface area (Å²) in [7, 11) is 0. The van der Waals surface area contributed by atoms with Crippen LogP contribution < -0.4 is 0 Å². The molecule has 0 N–H and O–H groups in total. The lowest BCUT2D eigenvalue weighted by Crippen LogP contribution is -1.92. The van der Waals surface area contributed by atoms with Gasteiger partial charge in [-0.25, -0.2) is 0 Å². The number of carbonyl (C=O) groups excluding carboxylic acids is 1. The van der Waals surface area contributed by atoms with Gasteiger partial charge in [0.25, 0.3) is 0 Å². The van der Waals surface area contributed by atoms with E-state index in [2.05, 4.69) is 18.0 Å². The Balaban J connectivity index is 2.19. The van der Waals surface area contributed by atoms with Gasteiger partial charge in [0, 0.05) is 11.3 Å². The molecule has 64 valence electrons. The molecule has 1 rings (SSSR count). The molecule has 0 saturated heterocycles. The van der Waals surface area contributed by atoms with Crippen LogP contribution in [0.4, 0.5) is 0 Å². The average Bonchev–Trinajstić information content (AvgIpc) is 2.57. The van der Waals surface area contributed by atoms with Crippen molar-refractivity contribution in [1.29, 1.82) is 0 Å². The van der Waals surface area contributed by atoms with Gasteiger partial charge in [0.2, 0.25) is 0 Å². The van der Waals surface area contributed by atoms with E-state index < -0.39 is 0 Å². The smallest absolute Gasteiger partial charge is 0.155 e. The molecule has 0 aliphatic heterocycles. The third-order valence-corrected chi connectivity index (χ3v) is 2.59. The van der Waals surface area contributed by atoms with Gasteiger partial charge in [-0.2, -0.15) is 0 Å². The maximum atomic E-state index is 10.8. The van der Waals surface area contributed by atoms with Crippen molar-refractivity contribution in [2.24, 2.45) is 0 Å². The fraction of sp³-hybridized carbons (Fsp3) is 0.300. The molecule has 0 amide bonds. The monoisotopic (exact) mass is 180 g/mol. The van der Waals surface area contributed by atoms with E-state index in [0.29, 0.717) is 6.42 Å². The summed E-state index contributed by atoms with van der Waals surface area (Å²) < 4.78 is 0. The minimum atomic E-state index is 0.145. The molecule has 1 aromatic rings. The highest BCUT2D eigenvalue weighted by atomic mass is 32.1. The first-order valence-corrected chi connectivity index (χ1v) is 4.88. The van der Waals surface area contributed by atoms with E-state index in [0.717, 1.165) is 12.8 Å². The number of hydrogen-bond donors (Lipinski definition) is 0. The minimum absolute atomic E-state index is 0.145. The second-order valence-corrected chi connectivity index (χ2v) is 3.64. The van der Waals surface area contributed by atoms with E-state index in [-0.39, 0.29) is 5.78 Å². The van der Waals surface area contributed by atoms with E-state index in [1.807, 2.05) is 6.07 Å². The molecule has 0 spiro atoms. The number of ketones is 1. The van der Waals surface area contributed by atoms with Crippen LogP contribution in [0.15, 0.2) is 30.2 Å². The molecule has 0 fully saturated rings. The molecule has 0 aromatic carbocycles. The van der Waals surface area contributed by atoms with Gasteiger partial charge in [-0.05, 0) is 30.4 Å². The summed E-state index contributed by atoms with van der Waals surface area (Å²) in [5, 5.41) is 2.06. The molecular formula is C10H12OS. The van der Waals surface area contributed by atoms with Crippen LogP contribution in [0.3, 0.4) is 0 Å².